The molecule has 3 amide bonds. The molecule has 3 aliphatic rings. The van der Waals surface area contributed by atoms with E-state index >= 15 is 0 Å². The Labute approximate surface area is 177 Å². The van der Waals surface area contributed by atoms with Crippen molar-refractivity contribution >= 4 is 17.7 Å². The summed E-state index contributed by atoms with van der Waals surface area (Å²) in [4.78, 5) is 38.1. The van der Waals surface area contributed by atoms with E-state index in [1.165, 1.54) is 4.90 Å². The predicted molar refractivity (Wildman–Crippen MR) is 105 cm³/mol. The van der Waals surface area contributed by atoms with E-state index in [-0.39, 0.29) is 63.6 Å². The third-order valence-corrected chi connectivity index (χ3v) is 6.68. The summed E-state index contributed by atoms with van der Waals surface area (Å²) in [5, 5.41) is 4.94. The molecule has 1 aromatic carbocycles. The van der Waals surface area contributed by atoms with Gasteiger partial charge in [-0.3, -0.25) is 25.0 Å². The SMILES string of the molecule is NC1CCC(NCc2cccc3c2C(=O)N(C2CCC(=O)NC2=O)C3)(C(F)(F)F)CC1. The molecule has 1 saturated heterocycles. The maximum Gasteiger partial charge on any atom is 0.406 e. The molecule has 10 heteroatoms. The predicted octanol–water partition coefficient (Wildman–Crippen LogP) is 1.74. The van der Waals surface area contributed by atoms with Gasteiger partial charge < -0.3 is 10.6 Å². The molecule has 0 spiro atoms. The normalized spacial score (nSPS) is 29.2. The highest BCUT2D eigenvalue weighted by atomic mass is 19.4. The van der Waals surface area contributed by atoms with Gasteiger partial charge in [0.2, 0.25) is 11.8 Å². The Hall–Kier alpha value is -2.46. The van der Waals surface area contributed by atoms with Crippen molar-refractivity contribution in [2.45, 2.75) is 75.4 Å². The number of rotatable bonds is 4. The number of fused-ring (bicyclic) bond motifs is 1. The quantitative estimate of drug-likeness (QED) is 0.622. The molecule has 4 N–H and O–H groups in total. The molecule has 0 bridgehead atoms. The molecule has 168 valence electrons. The van der Waals surface area contributed by atoms with Gasteiger partial charge in [-0.05, 0) is 43.2 Å². The van der Waals surface area contributed by atoms with Crippen LogP contribution in [0.3, 0.4) is 0 Å². The van der Waals surface area contributed by atoms with Crippen LogP contribution >= 0.6 is 0 Å². The van der Waals surface area contributed by atoms with E-state index in [1.54, 1.807) is 18.2 Å². The second kappa shape index (κ2) is 7.90. The third-order valence-electron chi connectivity index (χ3n) is 6.68. The van der Waals surface area contributed by atoms with E-state index in [2.05, 4.69) is 10.6 Å². The van der Waals surface area contributed by atoms with Gasteiger partial charge in [-0.1, -0.05) is 18.2 Å². The highest BCUT2D eigenvalue weighted by Gasteiger charge is 2.55. The molecular formula is C21H25F3N4O3. The first-order valence-corrected chi connectivity index (χ1v) is 10.4. The lowest BCUT2D eigenvalue weighted by Crippen LogP contribution is -2.59. The molecule has 31 heavy (non-hydrogen) atoms. The van der Waals surface area contributed by atoms with Crippen LogP contribution in [-0.4, -0.2) is 46.4 Å². The van der Waals surface area contributed by atoms with Gasteiger partial charge in [-0.15, -0.1) is 0 Å². The third kappa shape index (κ3) is 3.94. The lowest BCUT2D eigenvalue weighted by Gasteiger charge is -2.41. The summed E-state index contributed by atoms with van der Waals surface area (Å²) >= 11 is 0. The van der Waals surface area contributed by atoms with Gasteiger partial charge >= 0.3 is 6.18 Å². The molecule has 1 aliphatic carbocycles. The number of carbonyl (C=O) groups excluding carboxylic acids is 3. The molecule has 0 aromatic heterocycles. The molecule has 2 heterocycles. The van der Waals surface area contributed by atoms with Crippen LogP contribution in [0.15, 0.2) is 18.2 Å². The van der Waals surface area contributed by atoms with Gasteiger partial charge in [-0.25, -0.2) is 0 Å². The van der Waals surface area contributed by atoms with E-state index in [1.807, 2.05) is 0 Å². The summed E-state index contributed by atoms with van der Waals surface area (Å²) in [6.07, 6.45) is -3.72. The average molecular weight is 438 g/mol. The molecule has 1 aromatic rings. The maximum atomic E-state index is 13.9. The van der Waals surface area contributed by atoms with Crippen LogP contribution in [0.2, 0.25) is 0 Å². The molecular weight excluding hydrogens is 413 g/mol. The topological polar surface area (TPSA) is 105 Å². The fourth-order valence-corrected chi connectivity index (χ4v) is 4.80. The Morgan fingerprint density at radius 1 is 1.16 bits per heavy atom. The smallest absolute Gasteiger partial charge is 0.328 e. The van der Waals surface area contributed by atoms with Crippen molar-refractivity contribution in [3.05, 3.63) is 34.9 Å². The van der Waals surface area contributed by atoms with Crippen molar-refractivity contribution in [2.75, 3.05) is 0 Å². The van der Waals surface area contributed by atoms with E-state index in [0.29, 0.717) is 16.7 Å². The molecule has 2 fully saturated rings. The number of carbonyl (C=O) groups is 3. The average Bonchev–Trinajstić information content (AvgIpc) is 3.04. The van der Waals surface area contributed by atoms with Crippen molar-refractivity contribution < 1.29 is 27.6 Å². The number of alkyl halides is 3. The second-order valence-corrected chi connectivity index (χ2v) is 8.62. The van der Waals surface area contributed by atoms with Crippen LogP contribution in [-0.2, 0) is 22.7 Å². The monoisotopic (exact) mass is 438 g/mol. The number of benzene rings is 1. The Kier molecular flexibility index (Phi) is 5.55. The molecule has 2 aliphatic heterocycles. The van der Waals surface area contributed by atoms with E-state index in [0.717, 1.165) is 0 Å². The highest BCUT2D eigenvalue weighted by Crippen LogP contribution is 2.42. The van der Waals surface area contributed by atoms with E-state index < -0.39 is 29.6 Å². The number of nitrogens with zero attached hydrogens (tertiary/aromatic N) is 1. The van der Waals surface area contributed by atoms with Crippen molar-refractivity contribution in [2.24, 2.45) is 5.73 Å². The number of halogens is 3. The van der Waals surface area contributed by atoms with Crippen LogP contribution in [0.25, 0.3) is 0 Å². The summed E-state index contributed by atoms with van der Waals surface area (Å²) in [6, 6.07) is 4.08. The van der Waals surface area contributed by atoms with Gasteiger partial charge in [0.25, 0.3) is 5.91 Å². The molecule has 1 atom stereocenters. The summed E-state index contributed by atoms with van der Waals surface area (Å²) < 4.78 is 41.7. The second-order valence-electron chi connectivity index (χ2n) is 8.62. The first-order valence-electron chi connectivity index (χ1n) is 10.4. The van der Waals surface area contributed by atoms with Gasteiger partial charge in [0, 0.05) is 31.1 Å². The Morgan fingerprint density at radius 3 is 2.52 bits per heavy atom. The number of nitrogens with two attached hydrogens (primary N) is 1. The van der Waals surface area contributed by atoms with Crippen LogP contribution in [0.1, 0.15) is 60.0 Å². The summed E-state index contributed by atoms with van der Waals surface area (Å²) in [5.74, 6) is -1.29. The van der Waals surface area contributed by atoms with E-state index in [4.69, 9.17) is 5.73 Å². The summed E-state index contributed by atoms with van der Waals surface area (Å²) in [7, 11) is 0. The number of nitrogens with one attached hydrogen (secondary N) is 2. The summed E-state index contributed by atoms with van der Waals surface area (Å²) in [6.45, 7) is 0.0698. The maximum absolute atomic E-state index is 13.9. The van der Waals surface area contributed by atoms with Crippen molar-refractivity contribution in [1.82, 2.24) is 15.5 Å². The first-order chi connectivity index (χ1) is 14.6. The highest BCUT2D eigenvalue weighted by molar-refractivity contribution is 6.05. The van der Waals surface area contributed by atoms with E-state index in [9.17, 15) is 27.6 Å². The van der Waals surface area contributed by atoms with Gasteiger partial charge in [0.15, 0.2) is 0 Å². The minimum absolute atomic E-state index is 0.108. The zero-order valence-corrected chi connectivity index (χ0v) is 16.9. The molecule has 1 saturated carbocycles. The largest absolute Gasteiger partial charge is 0.406 e. The standard InChI is InChI=1S/C21H25F3N4O3/c22-21(23,24)20(8-6-14(25)7-9-20)26-10-12-2-1-3-13-11-28(19(31)17(12)13)15-4-5-16(29)27-18(15)30/h1-3,14-15,26H,4-11,25H2,(H,27,29,30). The Morgan fingerprint density at radius 2 is 1.87 bits per heavy atom. The Balaban J connectivity index is 1.54. The molecule has 4 rings (SSSR count). The van der Waals surface area contributed by atoms with Crippen molar-refractivity contribution in [3.63, 3.8) is 0 Å². The van der Waals surface area contributed by atoms with Crippen LogP contribution < -0.4 is 16.4 Å². The number of imide groups is 1. The number of hydrogen-bond acceptors (Lipinski definition) is 5. The number of piperidine rings is 1. The van der Waals surface area contributed by atoms with Crippen molar-refractivity contribution in [1.29, 1.82) is 0 Å². The lowest BCUT2D eigenvalue weighted by molar-refractivity contribution is -0.206. The zero-order chi connectivity index (χ0) is 22.4. The van der Waals surface area contributed by atoms with Crippen LogP contribution in [0.4, 0.5) is 13.2 Å². The first kappa shape index (κ1) is 21.8. The number of amides is 3. The lowest BCUT2D eigenvalue weighted by atomic mass is 9.78. The molecule has 0 radical (unpaired) electrons. The van der Waals surface area contributed by atoms with Crippen molar-refractivity contribution in [3.8, 4) is 0 Å². The minimum atomic E-state index is -4.44. The van der Waals surface area contributed by atoms with Gasteiger partial charge in [0.1, 0.15) is 11.6 Å². The minimum Gasteiger partial charge on any atom is -0.328 e. The molecule has 7 nitrogen and oxygen atoms in total. The Bertz CT molecular complexity index is 910. The molecule has 1 unspecified atom stereocenters. The number of hydrogen-bond donors (Lipinski definition) is 3. The fraction of sp³-hybridized carbons (Fsp3) is 0.571. The van der Waals surface area contributed by atoms with Gasteiger partial charge in [-0.2, -0.15) is 13.2 Å². The van der Waals surface area contributed by atoms with Gasteiger partial charge in [0.05, 0.1) is 0 Å². The summed E-state index contributed by atoms with van der Waals surface area (Å²) in [5.41, 5.74) is 5.25. The zero-order valence-electron chi connectivity index (χ0n) is 16.9. The van der Waals surface area contributed by atoms with Crippen LogP contribution in [0, 0.1) is 0 Å². The fourth-order valence-electron chi connectivity index (χ4n) is 4.80. The van der Waals surface area contributed by atoms with Crippen LogP contribution in [0.5, 0.6) is 0 Å².